The molecular weight excluding hydrogens is 487 g/mol. The van der Waals surface area contributed by atoms with E-state index in [1.54, 1.807) is 48.5 Å². The zero-order chi connectivity index (χ0) is 22.8. The highest BCUT2D eigenvalue weighted by molar-refractivity contribution is 8.15. The number of aliphatic imine (C=N–C) groups is 2. The zero-order valence-electron chi connectivity index (χ0n) is 17.4. The van der Waals surface area contributed by atoms with Crippen molar-refractivity contribution in [2.75, 3.05) is 11.5 Å². The van der Waals surface area contributed by atoms with Gasteiger partial charge in [0.2, 0.25) is 0 Å². The molecule has 0 amide bonds. The van der Waals surface area contributed by atoms with Crippen LogP contribution < -0.4 is 0 Å². The summed E-state index contributed by atoms with van der Waals surface area (Å²) in [6.07, 6.45) is -0.324. The molecule has 6 nitrogen and oxygen atoms in total. The van der Waals surface area contributed by atoms with Crippen molar-refractivity contribution in [2.45, 2.75) is 26.2 Å². The fourth-order valence-corrected chi connectivity index (χ4v) is 5.62. The zero-order valence-corrected chi connectivity index (χ0v) is 20.5. The smallest absolute Gasteiger partial charge is 0.183 e. The number of Topliss-reactive ketones (excluding diaryl/α,β-unsaturated/α-hetero) is 2. The van der Waals surface area contributed by atoms with Crippen LogP contribution in [0.5, 0.6) is 0 Å². The molecule has 0 radical (unpaired) electrons. The minimum absolute atomic E-state index is 0.0106. The van der Waals surface area contributed by atoms with E-state index in [1.807, 2.05) is 23.9 Å². The van der Waals surface area contributed by atoms with Crippen LogP contribution in [0.15, 0.2) is 58.5 Å². The van der Waals surface area contributed by atoms with Gasteiger partial charge in [0, 0.05) is 21.2 Å². The predicted octanol–water partition coefficient (Wildman–Crippen LogP) is 5.48. The van der Waals surface area contributed by atoms with Gasteiger partial charge in [-0.1, -0.05) is 46.7 Å². The van der Waals surface area contributed by atoms with Gasteiger partial charge in [-0.25, -0.2) is 20.0 Å². The molecule has 166 valence electrons. The lowest BCUT2D eigenvalue weighted by Crippen LogP contribution is -2.44. The molecule has 2 aliphatic rings. The number of ketones is 2. The molecule has 2 atom stereocenters. The average Bonchev–Trinajstić information content (AvgIpc) is 3.29. The Kier molecular flexibility index (Phi) is 7.14. The third-order valence-corrected chi connectivity index (χ3v) is 7.34. The minimum Gasteiger partial charge on any atom is -0.293 e. The average molecular weight is 507 g/mol. The van der Waals surface area contributed by atoms with Crippen LogP contribution in [0.25, 0.3) is 0 Å². The molecule has 4 rings (SSSR count). The quantitative estimate of drug-likeness (QED) is 0.483. The van der Waals surface area contributed by atoms with Gasteiger partial charge in [-0.2, -0.15) is 0 Å². The Balaban J connectivity index is 1.36. The number of hydrogen-bond donors (Lipinski definition) is 0. The first-order valence-corrected chi connectivity index (χ1v) is 12.6. The fraction of sp³-hybridized carbons (Fsp3) is 0.273. The van der Waals surface area contributed by atoms with E-state index in [1.165, 1.54) is 23.5 Å². The van der Waals surface area contributed by atoms with Crippen molar-refractivity contribution in [3.05, 3.63) is 69.7 Å². The van der Waals surface area contributed by atoms with Crippen molar-refractivity contribution in [3.8, 4) is 0 Å². The molecule has 2 aromatic carbocycles. The molecule has 32 heavy (non-hydrogen) atoms. The highest BCUT2D eigenvalue weighted by Gasteiger charge is 2.42. The Hall–Kier alpha value is -2.00. The number of hydrazine groups is 1. The van der Waals surface area contributed by atoms with E-state index in [2.05, 4.69) is 0 Å². The highest BCUT2D eigenvalue weighted by Crippen LogP contribution is 2.34. The third-order valence-electron chi connectivity index (χ3n) is 4.92. The number of carbonyl (C=O) groups excluding carboxylic acids is 2. The van der Waals surface area contributed by atoms with E-state index in [4.69, 9.17) is 33.2 Å². The molecule has 0 saturated heterocycles. The molecule has 0 spiro atoms. The molecule has 2 aliphatic heterocycles. The van der Waals surface area contributed by atoms with Crippen LogP contribution in [0.3, 0.4) is 0 Å². The lowest BCUT2D eigenvalue weighted by atomic mass is 10.1. The molecular formula is C22H20Cl2N4O2S2. The number of thioether (sulfide) groups is 2. The molecule has 2 heterocycles. The molecule has 0 aliphatic carbocycles. The Labute approximate surface area is 205 Å². The first kappa shape index (κ1) is 23.2. The van der Waals surface area contributed by atoms with Gasteiger partial charge in [-0.15, -0.1) is 0 Å². The van der Waals surface area contributed by atoms with Gasteiger partial charge in [0.05, 0.1) is 11.5 Å². The molecule has 2 aromatic rings. The van der Waals surface area contributed by atoms with Crippen molar-refractivity contribution >= 4 is 68.6 Å². The van der Waals surface area contributed by atoms with Gasteiger partial charge in [0.1, 0.15) is 12.3 Å². The van der Waals surface area contributed by atoms with E-state index in [0.29, 0.717) is 21.2 Å². The van der Waals surface area contributed by atoms with Gasteiger partial charge in [0.25, 0.3) is 0 Å². The van der Waals surface area contributed by atoms with Gasteiger partial charge in [-0.3, -0.25) is 9.59 Å². The number of amidine groups is 2. The molecule has 10 heteroatoms. The van der Waals surface area contributed by atoms with Gasteiger partial charge in [0.15, 0.2) is 21.9 Å². The van der Waals surface area contributed by atoms with Crippen molar-refractivity contribution in [3.63, 3.8) is 0 Å². The number of hydrogen-bond acceptors (Lipinski definition) is 8. The van der Waals surface area contributed by atoms with Gasteiger partial charge < -0.3 is 0 Å². The summed E-state index contributed by atoms with van der Waals surface area (Å²) >= 11 is 14.6. The lowest BCUT2D eigenvalue weighted by Gasteiger charge is -2.29. The molecule has 0 aromatic heterocycles. The van der Waals surface area contributed by atoms with Crippen LogP contribution in [-0.2, 0) is 0 Å². The number of benzene rings is 2. The van der Waals surface area contributed by atoms with Crippen LogP contribution in [0.2, 0.25) is 10.0 Å². The summed E-state index contributed by atoms with van der Waals surface area (Å²) in [6.45, 7) is 3.94. The summed E-state index contributed by atoms with van der Waals surface area (Å²) < 4.78 is 0. The van der Waals surface area contributed by atoms with Gasteiger partial charge in [-0.05, 0) is 62.4 Å². The van der Waals surface area contributed by atoms with E-state index in [0.717, 1.165) is 10.3 Å². The highest BCUT2D eigenvalue weighted by atomic mass is 35.5. The topological polar surface area (TPSA) is 65.3 Å². The normalized spacial score (nSPS) is 19.6. The second-order valence-electron chi connectivity index (χ2n) is 7.21. The number of carbonyl (C=O) groups is 2. The van der Waals surface area contributed by atoms with E-state index < -0.39 is 0 Å². The van der Waals surface area contributed by atoms with E-state index >= 15 is 0 Å². The molecule has 0 bridgehead atoms. The monoisotopic (exact) mass is 506 g/mol. The first-order valence-electron chi connectivity index (χ1n) is 9.90. The van der Waals surface area contributed by atoms with Crippen LogP contribution in [-0.4, -0.2) is 55.8 Å². The number of halogens is 2. The van der Waals surface area contributed by atoms with E-state index in [-0.39, 0.29) is 35.4 Å². The number of fused-ring (bicyclic) bond motifs is 1. The fourth-order valence-electron chi connectivity index (χ4n) is 3.32. The maximum absolute atomic E-state index is 12.5. The summed E-state index contributed by atoms with van der Waals surface area (Å²) in [4.78, 5) is 34.5. The van der Waals surface area contributed by atoms with Crippen molar-refractivity contribution in [2.24, 2.45) is 9.98 Å². The molecule has 0 N–H and O–H groups in total. The number of rotatable bonds is 6. The first-order chi connectivity index (χ1) is 15.3. The summed E-state index contributed by atoms with van der Waals surface area (Å²) in [5, 5.41) is 6.66. The second-order valence-corrected chi connectivity index (χ2v) is 9.97. The third kappa shape index (κ3) is 4.98. The summed E-state index contributed by atoms with van der Waals surface area (Å²) in [7, 11) is 0. The Morgan fingerprint density at radius 2 is 1.09 bits per heavy atom. The second kappa shape index (κ2) is 9.87. The molecule has 0 unspecified atom stereocenters. The summed E-state index contributed by atoms with van der Waals surface area (Å²) in [5.74, 6) is 0.552. The lowest BCUT2D eigenvalue weighted by molar-refractivity contribution is 0.101. The van der Waals surface area contributed by atoms with Crippen molar-refractivity contribution in [1.82, 2.24) is 10.0 Å². The largest absolute Gasteiger partial charge is 0.293 e. The Morgan fingerprint density at radius 3 is 1.44 bits per heavy atom. The van der Waals surface area contributed by atoms with Crippen LogP contribution in [0.1, 0.15) is 34.6 Å². The minimum atomic E-state index is -0.162. The molecule has 0 saturated carbocycles. The van der Waals surface area contributed by atoms with E-state index in [9.17, 15) is 9.59 Å². The van der Waals surface area contributed by atoms with Crippen molar-refractivity contribution < 1.29 is 9.59 Å². The maximum atomic E-state index is 12.5. The SMILES string of the molecule is C[C@H]1N=C(SCC(=O)c2ccc(Cl)cc2)N2[C@@H](C)N=C(SCC(=O)c3ccc(Cl)cc3)N12. The Bertz CT molecular complexity index is 1000. The van der Waals surface area contributed by atoms with Crippen LogP contribution in [0.4, 0.5) is 0 Å². The predicted molar refractivity (Wildman–Crippen MR) is 134 cm³/mol. The summed E-state index contributed by atoms with van der Waals surface area (Å²) in [6, 6.07) is 13.7. The van der Waals surface area contributed by atoms with Crippen LogP contribution >= 0.6 is 46.7 Å². The van der Waals surface area contributed by atoms with Crippen LogP contribution in [0, 0.1) is 0 Å². The number of nitrogens with zero attached hydrogens (tertiary/aromatic N) is 4. The standard InChI is InChI=1S/C22H20Cl2N4O2S2/c1-13-25-21(31-11-19(29)15-3-7-17(23)8-4-15)28-14(2)26-22(27(13)28)32-12-20(30)16-5-9-18(24)10-6-16/h3-10,13-14H,11-12H2,1-2H3/t13-,14-/m0/s1. The molecule has 0 fully saturated rings. The summed E-state index contributed by atoms with van der Waals surface area (Å²) in [5.41, 5.74) is 1.24. The van der Waals surface area contributed by atoms with Gasteiger partial charge >= 0.3 is 0 Å². The maximum Gasteiger partial charge on any atom is 0.183 e. The Morgan fingerprint density at radius 1 is 0.750 bits per heavy atom. The van der Waals surface area contributed by atoms with Crippen molar-refractivity contribution in [1.29, 1.82) is 0 Å².